The van der Waals surface area contributed by atoms with Crippen molar-refractivity contribution in [3.63, 3.8) is 0 Å². The lowest BCUT2D eigenvalue weighted by Crippen LogP contribution is -2.35. The second-order valence-corrected chi connectivity index (χ2v) is 9.40. The molecule has 1 aromatic heterocycles. The number of carbonyl (C=O) groups is 1. The van der Waals surface area contributed by atoms with Gasteiger partial charge in [0.25, 0.3) is 0 Å². The molecule has 0 spiro atoms. The van der Waals surface area contributed by atoms with Gasteiger partial charge in [0.15, 0.2) is 0 Å². The van der Waals surface area contributed by atoms with Crippen molar-refractivity contribution in [3.8, 4) is 5.75 Å². The van der Waals surface area contributed by atoms with Crippen molar-refractivity contribution in [1.29, 1.82) is 0 Å². The third-order valence-corrected chi connectivity index (χ3v) is 6.96. The molecule has 1 unspecified atom stereocenters. The number of nitrogens with zero attached hydrogens (tertiary/aromatic N) is 2. The van der Waals surface area contributed by atoms with E-state index in [1.165, 1.54) is 18.3 Å². The number of pyridine rings is 1. The molecule has 1 N–H and O–H groups in total. The highest BCUT2D eigenvalue weighted by Gasteiger charge is 2.43. The van der Waals surface area contributed by atoms with Crippen LogP contribution < -0.4 is 4.74 Å². The fraction of sp³-hybridized carbons (Fsp3) is 0.333. The molecule has 1 fully saturated rings. The minimum absolute atomic E-state index is 0.361. The first-order valence-electron chi connectivity index (χ1n) is 11.5. The third-order valence-electron chi connectivity index (χ3n) is 6.72. The topological polar surface area (TPSA) is 62.7 Å². The van der Waals surface area contributed by atoms with E-state index in [4.69, 9.17) is 16.3 Å². The lowest BCUT2D eigenvalue weighted by molar-refractivity contribution is -0.148. The van der Waals surface area contributed by atoms with Crippen LogP contribution in [0.3, 0.4) is 0 Å². The number of aryl methyl sites for hydroxylation is 1. The van der Waals surface area contributed by atoms with Crippen LogP contribution in [0.1, 0.15) is 30.4 Å². The lowest BCUT2D eigenvalue weighted by Gasteiger charge is -2.24. The average molecular weight is 501 g/mol. The normalized spacial score (nSPS) is 18.5. The summed E-state index contributed by atoms with van der Waals surface area (Å²) < 4.78 is 33.8. The van der Waals surface area contributed by atoms with Gasteiger partial charge in [0.1, 0.15) is 17.4 Å². The zero-order chi connectivity index (χ0) is 25.0. The van der Waals surface area contributed by atoms with Gasteiger partial charge in [0.05, 0.1) is 24.2 Å². The van der Waals surface area contributed by atoms with Gasteiger partial charge in [-0.1, -0.05) is 23.8 Å². The van der Waals surface area contributed by atoms with Gasteiger partial charge in [-0.3, -0.25) is 14.7 Å². The maximum Gasteiger partial charge on any atom is 0.310 e. The van der Waals surface area contributed by atoms with Crippen molar-refractivity contribution in [2.75, 3.05) is 26.7 Å². The van der Waals surface area contributed by atoms with Crippen molar-refractivity contribution in [2.45, 2.75) is 25.7 Å². The number of carboxylic acids is 1. The largest absolute Gasteiger partial charge is 0.497 e. The first kappa shape index (κ1) is 25.1. The summed E-state index contributed by atoms with van der Waals surface area (Å²) in [6.45, 7) is 1.51. The van der Waals surface area contributed by atoms with E-state index in [1.807, 2.05) is 11.0 Å². The summed E-state index contributed by atoms with van der Waals surface area (Å²) in [5.74, 6) is -0.987. The summed E-state index contributed by atoms with van der Waals surface area (Å²) in [6.07, 6.45) is 6.56. The molecule has 35 heavy (non-hydrogen) atoms. The summed E-state index contributed by atoms with van der Waals surface area (Å²) in [5.41, 5.74) is 0.692. The molecule has 0 amide bonds. The van der Waals surface area contributed by atoms with E-state index in [9.17, 15) is 18.7 Å². The van der Waals surface area contributed by atoms with Gasteiger partial charge in [-0.05, 0) is 74.2 Å². The highest BCUT2D eigenvalue weighted by atomic mass is 35.5. The third kappa shape index (κ3) is 5.63. The number of likely N-dealkylation sites (tertiary alicyclic amines) is 1. The number of benzene rings is 2. The number of aliphatic carboxylic acids is 1. The van der Waals surface area contributed by atoms with Crippen molar-refractivity contribution >= 4 is 34.5 Å². The number of hydrogen-bond acceptors (Lipinski definition) is 4. The number of hydrogen-bond donors (Lipinski definition) is 1. The molecule has 3 aromatic rings. The van der Waals surface area contributed by atoms with Crippen LogP contribution in [0, 0.1) is 17.0 Å². The number of carboxylic acid groups (broad SMARTS) is 1. The van der Waals surface area contributed by atoms with Crippen LogP contribution in [0.4, 0.5) is 8.78 Å². The molecular formula is C27H27ClF2N2O3. The Balaban J connectivity index is 1.41. The fourth-order valence-corrected chi connectivity index (χ4v) is 4.94. The highest BCUT2D eigenvalue weighted by molar-refractivity contribution is 6.30. The molecule has 0 aliphatic carbocycles. The molecule has 1 aliphatic rings. The number of halogens is 3. The van der Waals surface area contributed by atoms with Gasteiger partial charge >= 0.3 is 5.97 Å². The summed E-state index contributed by atoms with van der Waals surface area (Å²) in [7, 11) is 1.55. The smallest absolute Gasteiger partial charge is 0.310 e. The molecule has 1 aliphatic heterocycles. The van der Waals surface area contributed by atoms with Crippen molar-refractivity contribution in [2.24, 2.45) is 5.41 Å². The molecular weight excluding hydrogens is 474 g/mol. The lowest BCUT2D eigenvalue weighted by atomic mass is 9.81. The number of aromatic nitrogens is 1. The van der Waals surface area contributed by atoms with E-state index in [0.717, 1.165) is 0 Å². The Morgan fingerprint density at radius 3 is 2.86 bits per heavy atom. The Morgan fingerprint density at radius 2 is 2.09 bits per heavy atom. The van der Waals surface area contributed by atoms with Gasteiger partial charge in [-0.2, -0.15) is 0 Å². The van der Waals surface area contributed by atoms with Crippen LogP contribution in [0.25, 0.3) is 17.0 Å². The summed E-state index contributed by atoms with van der Waals surface area (Å²) in [5, 5.41) is 11.2. The van der Waals surface area contributed by atoms with E-state index < -0.39 is 17.2 Å². The summed E-state index contributed by atoms with van der Waals surface area (Å²) in [6, 6.07) is 9.69. The quantitative estimate of drug-likeness (QED) is 0.391. The SMILES string of the molecule is COc1ccc2ncc(F)c(CCCC3(C(=O)O)CCN(CC=Cc4cc(Cl)ccc4F)C3)c2c1. The Morgan fingerprint density at radius 1 is 1.26 bits per heavy atom. The highest BCUT2D eigenvalue weighted by Crippen LogP contribution is 2.37. The van der Waals surface area contributed by atoms with Crippen molar-refractivity contribution in [1.82, 2.24) is 9.88 Å². The monoisotopic (exact) mass is 500 g/mol. The van der Waals surface area contributed by atoms with E-state index in [0.29, 0.717) is 78.1 Å². The molecule has 184 valence electrons. The number of fused-ring (bicyclic) bond motifs is 1. The molecule has 5 nitrogen and oxygen atoms in total. The van der Waals surface area contributed by atoms with Gasteiger partial charge < -0.3 is 9.84 Å². The van der Waals surface area contributed by atoms with Crippen LogP contribution in [0.2, 0.25) is 5.02 Å². The minimum Gasteiger partial charge on any atom is -0.497 e. The maximum atomic E-state index is 14.6. The van der Waals surface area contributed by atoms with Crippen molar-refractivity contribution in [3.05, 3.63) is 76.5 Å². The first-order valence-corrected chi connectivity index (χ1v) is 11.9. The van der Waals surface area contributed by atoms with Crippen LogP contribution in [0.5, 0.6) is 5.75 Å². The summed E-state index contributed by atoms with van der Waals surface area (Å²) >= 11 is 5.94. The first-order chi connectivity index (χ1) is 16.8. The second-order valence-electron chi connectivity index (χ2n) is 8.96. The molecule has 8 heteroatoms. The number of ether oxygens (including phenoxy) is 1. The van der Waals surface area contributed by atoms with E-state index in [-0.39, 0.29) is 5.82 Å². The van der Waals surface area contributed by atoms with Gasteiger partial charge in [-0.25, -0.2) is 8.78 Å². The molecule has 4 rings (SSSR count). The standard InChI is InChI=1S/C27H27ClF2N2O3/c1-35-20-7-9-25-22(15-20)21(24(30)16-31-25)5-2-10-27(26(33)34)11-13-32(17-27)12-3-4-18-14-19(28)6-8-23(18)29/h3-4,6-9,14-16H,2,5,10-13,17H2,1H3,(H,33,34). The molecule has 2 aromatic carbocycles. The zero-order valence-electron chi connectivity index (χ0n) is 19.4. The fourth-order valence-electron chi connectivity index (χ4n) is 4.76. The number of methoxy groups -OCH3 is 1. The number of rotatable bonds is 9. The summed E-state index contributed by atoms with van der Waals surface area (Å²) in [4.78, 5) is 18.4. The van der Waals surface area contributed by atoms with Gasteiger partial charge in [0.2, 0.25) is 0 Å². The Kier molecular flexibility index (Phi) is 7.67. The molecule has 0 bridgehead atoms. The second kappa shape index (κ2) is 10.7. The Bertz CT molecular complexity index is 1270. The van der Waals surface area contributed by atoms with E-state index in [2.05, 4.69) is 4.98 Å². The van der Waals surface area contributed by atoms with E-state index >= 15 is 0 Å². The van der Waals surface area contributed by atoms with Gasteiger partial charge in [-0.15, -0.1) is 0 Å². The van der Waals surface area contributed by atoms with Gasteiger partial charge in [0, 0.05) is 29.1 Å². The minimum atomic E-state index is -0.897. The molecule has 1 atom stereocenters. The molecule has 0 radical (unpaired) electrons. The maximum absolute atomic E-state index is 14.6. The molecule has 1 saturated heterocycles. The van der Waals surface area contributed by atoms with Crippen LogP contribution >= 0.6 is 11.6 Å². The Labute approximate surface area is 208 Å². The van der Waals surface area contributed by atoms with Crippen molar-refractivity contribution < 1.29 is 23.4 Å². The van der Waals surface area contributed by atoms with Crippen LogP contribution in [-0.2, 0) is 11.2 Å². The van der Waals surface area contributed by atoms with Crippen LogP contribution in [-0.4, -0.2) is 47.7 Å². The Hall–Kier alpha value is -3.03. The zero-order valence-corrected chi connectivity index (χ0v) is 20.2. The molecule has 2 heterocycles. The predicted molar refractivity (Wildman–Crippen MR) is 133 cm³/mol. The van der Waals surface area contributed by atoms with Crippen LogP contribution in [0.15, 0.2) is 48.7 Å². The molecule has 0 saturated carbocycles. The van der Waals surface area contributed by atoms with E-state index in [1.54, 1.807) is 37.5 Å². The predicted octanol–water partition coefficient (Wildman–Crippen LogP) is 5.99. The average Bonchev–Trinajstić information content (AvgIpc) is 3.27.